The van der Waals surface area contributed by atoms with Crippen LogP contribution in [0.1, 0.15) is 25.6 Å². The van der Waals surface area contributed by atoms with Gasteiger partial charge in [0.2, 0.25) is 0 Å². The van der Waals surface area contributed by atoms with Gasteiger partial charge in [-0.25, -0.2) is 4.98 Å². The Kier molecular flexibility index (Phi) is 3.98. The first-order chi connectivity index (χ1) is 8.67. The molecule has 1 aromatic heterocycles. The van der Waals surface area contributed by atoms with Gasteiger partial charge in [0.15, 0.2) is 0 Å². The van der Waals surface area contributed by atoms with Crippen molar-refractivity contribution in [2.24, 2.45) is 0 Å². The maximum absolute atomic E-state index is 11.5. The van der Waals surface area contributed by atoms with E-state index >= 15 is 0 Å². The summed E-state index contributed by atoms with van der Waals surface area (Å²) in [6, 6.07) is 1.42. The summed E-state index contributed by atoms with van der Waals surface area (Å²) in [7, 11) is 0. The SMILES string of the molecule is CCc1nc(NC2(CO)CCOCC2)cc(=O)[nH]1. The molecule has 0 atom stereocenters. The first-order valence-corrected chi connectivity index (χ1v) is 6.24. The molecule has 18 heavy (non-hydrogen) atoms. The predicted molar refractivity (Wildman–Crippen MR) is 67.7 cm³/mol. The van der Waals surface area contributed by atoms with Gasteiger partial charge in [0.05, 0.1) is 12.1 Å². The lowest BCUT2D eigenvalue weighted by Crippen LogP contribution is -2.47. The van der Waals surface area contributed by atoms with Crippen LogP contribution in [0.25, 0.3) is 0 Å². The zero-order valence-electron chi connectivity index (χ0n) is 10.5. The van der Waals surface area contributed by atoms with Gasteiger partial charge in [-0.1, -0.05) is 6.92 Å². The zero-order valence-corrected chi connectivity index (χ0v) is 10.5. The molecule has 2 heterocycles. The second-order valence-electron chi connectivity index (χ2n) is 4.61. The average molecular weight is 253 g/mol. The van der Waals surface area contributed by atoms with Crippen LogP contribution in [0.5, 0.6) is 0 Å². The van der Waals surface area contributed by atoms with Crippen molar-refractivity contribution in [1.82, 2.24) is 9.97 Å². The van der Waals surface area contributed by atoms with E-state index in [0.717, 1.165) is 0 Å². The molecule has 3 N–H and O–H groups in total. The number of rotatable bonds is 4. The Morgan fingerprint density at radius 3 is 2.89 bits per heavy atom. The van der Waals surface area contributed by atoms with Crippen molar-refractivity contribution < 1.29 is 9.84 Å². The molecule has 6 nitrogen and oxygen atoms in total. The number of ether oxygens (including phenoxy) is 1. The lowest BCUT2D eigenvalue weighted by atomic mass is 9.91. The molecule has 1 aromatic rings. The number of hydrogen-bond acceptors (Lipinski definition) is 5. The standard InChI is InChI=1S/C12H19N3O3/c1-2-9-13-10(7-11(17)14-9)15-12(8-16)3-5-18-6-4-12/h7,16H,2-6,8H2,1H3,(H2,13,14,15,17). The predicted octanol–water partition coefficient (Wildman–Crippen LogP) is 0.286. The van der Waals surface area contributed by atoms with Gasteiger partial charge < -0.3 is 20.1 Å². The number of anilines is 1. The fourth-order valence-corrected chi connectivity index (χ4v) is 2.10. The minimum atomic E-state index is -0.427. The molecule has 0 aliphatic carbocycles. The zero-order chi connectivity index (χ0) is 13.0. The second-order valence-corrected chi connectivity index (χ2v) is 4.61. The molecule has 1 aliphatic rings. The fourth-order valence-electron chi connectivity index (χ4n) is 2.10. The molecule has 1 aliphatic heterocycles. The largest absolute Gasteiger partial charge is 0.394 e. The van der Waals surface area contributed by atoms with Crippen molar-refractivity contribution in [3.63, 3.8) is 0 Å². The van der Waals surface area contributed by atoms with Crippen molar-refractivity contribution in [3.05, 3.63) is 22.2 Å². The van der Waals surface area contributed by atoms with Gasteiger partial charge in [-0.05, 0) is 12.8 Å². The van der Waals surface area contributed by atoms with Crippen molar-refractivity contribution in [1.29, 1.82) is 0 Å². The molecule has 0 radical (unpaired) electrons. The Bertz CT molecular complexity index is 452. The maximum Gasteiger partial charge on any atom is 0.252 e. The average Bonchev–Trinajstić information content (AvgIpc) is 2.39. The summed E-state index contributed by atoms with van der Waals surface area (Å²) in [4.78, 5) is 18.5. The number of hydrogen-bond donors (Lipinski definition) is 3. The van der Waals surface area contributed by atoms with Gasteiger partial charge in [0.1, 0.15) is 11.6 Å². The molecular formula is C12H19N3O3. The number of aryl methyl sites for hydroxylation is 1. The molecule has 1 fully saturated rings. The summed E-state index contributed by atoms with van der Waals surface area (Å²) in [6.45, 7) is 3.15. The Balaban J connectivity index is 2.21. The molecular weight excluding hydrogens is 234 g/mol. The summed E-state index contributed by atoms with van der Waals surface area (Å²) in [5.41, 5.74) is -0.603. The molecule has 0 aromatic carbocycles. The quantitative estimate of drug-likeness (QED) is 0.717. The van der Waals surface area contributed by atoms with Crippen molar-refractivity contribution in [3.8, 4) is 0 Å². The number of aromatic nitrogens is 2. The van der Waals surface area contributed by atoms with Crippen LogP contribution in [0.4, 0.5) is 5.82 Å². The molecule has 2 rings (SSSR count). The summed E-state index contributed by atoms with van der Waals surface area (Å²) in [6.07, 6.45) is 2.08. The van der Waals surface area contributed by atoms with Crippen LogP contribution in [0.15, 0.2) is 10.9 Å². The highest BCUT2D eigenvalue weighted by atomic mass is 16.5. The first-order valence-electron chi connectivity index (χ1n) is 6.24. The highest BCUT2D eigenvalue weighted by Crippen LogP contribution is 2.24. The normalized spacial score (nSPS) is 18.6. The van der Waals surface area contributed by atoms with Crippen molar-refractivity contribution >= 4 is 5.82 Å². The molecule has 100 valence electrons. The summed E-state index contributed by atoms with van der Waals surface area (Å²) >= 11 is 0. The number of nitrogens with zero attached hydrogens (tertiary/aromatic N) is 1. The highest BCUT2D eigenvalue weighted by molar-refractivity contribution is 5.37. The van der Waals surface area contributed by atoms with E-state index in [0.29, 0.717) is 44.1 Å². The molecule has 0 amide bonds. The van der Waals surface area contributed by atoms with Crippen LogP contribution in [0.2, 0.25) is 0 Å². The van der Waals surface area contributed by atoms with Gasteiger partial charge in [0, 0.05) is 25.7 Å². The third-order valence-electron chi connectivity index (χ3n) is 3.27. The smallest absolute Gasteiger partial charge is 0.252 e. The van der Waals surface area contributed by atoms with E-state index in [1.54, 1.807) is 0 Å². The third kappa shape index (κ3) is 2.88. The number of nitrogens with one attached hydrogen (secondary N) is 2. The summed E-state index contributed by atoms with van der Waals surface area (Å²) < 4.78 is 5.29. The number of aliphatic hydroxyl groups is 1. The highest BCUT2D eigenvalue weighted by Gasteiger charge is 2.32. The van der Waals surface area contributed by atoms with Gasteiger partial charge in [-0.2, -0.15) is 0 Å². The van der Waals surface area contributed by atoms with Crippen LogP contribution in [0.3, 0.4) is 0 Å². The van der Waals surface area contributed by atoms with Crippen molar-refractivity contribution in [2.45, 2.75) is 31.7 Å². The van der Waals surface area contributed by atoms with E-state index in [4.69, 9.17) is 4.74 Å². The Morgan fingerprint density at radius 1 is 1.56 bits per heavy atom. The van der Waals surface area contributed by atoms with Gasteiger partial charge in [-0.3, -0.25) is 4.79 Å². The van der Waals surface area contributed by atoms with Crippen molar-refractivity contribution in [2.75, 3.05) is 25.1 Å². The van der Waals surface area contributed by atoms with Gasteiger partial charge in [0.25, 0.3) is 5.56 Å². The van der Waals surface area contributed by atoms with Crippen LogP contribution >= 0.6 is 0 Å². The van der Waals surface area contributed by atoms with Crippen LogP contribution < -0.4 is 10.9 Å². The van der Waals surface area contributed by atoms with Crippen LogP contribution in [-0.4, -0.2) is 40.4 Å². The van der Waals surface area contributed by atoms with E-state index in [2.05, 4.69) is 15.3 Å². The summed E-state index contributed by atoms with van der Waals surface area (Å²) in [5, 5.41) is 12.8. The van der Waals surface area contributed by atoms with Gasteiger partial charge >= 0.3 is 0 Å². The maximum atomic E-state index is 11.5. The third-order valence-corrected chi connectivity index (χ3v) is 3.27. The van der Waals surface area contributed by atoms with E-state index in [-0.39, 0.29) is 12.2 Å². The van der Waals surface area contributed by atoms with Crippen LogP contribution in [0, 0.1) is 0 Å². The molecule has 0 bridgehead atoms. The minimum absolute atomic E-state index is 0.00625. The number of aliphatic hydroxyl groups excluding tert-OH is 1. The van der Waals surface area contributed by atoms with E-state index in [1.807, 2.05) is 6.92 Å². The molecule has 1 saturated heterocycles. The Labute approximate surface area is 105 Å². The Morgan fingerprint density at radius 2 is 2.28 bits per heavy atom. The lowest BCUT2D eigenvalue weighted by molar-refractivity contribution is 0.0378. The summed E-state index contributed by atoms with van der Waals surface area (Å²) in [5.74, 6) is 1.16. The topological polar surface area (TPSA) is 87.2 Å². The molecule has 6 heteroatoms. The van der Waals surface area contributed by atoms with E-state index in [1.165, 1.54) is 6.07 Å². The molecule has 0 saturated carbocycles. The van der Waals surface area contributed by atoms with Gasteiger partial charge in [-0.15, -0.1) is 0 Å². The monoisotopic (exact) mass is 253 g/mol. The van der Waals surface area contributed by atoms with E-state index < -0.39 is 5.54 Å². The fraction of sp³-hybridized carbons (Fsp3) is 0.667. The van der Waals surface area contributed by atoms with Crippen LogP contribution in [-0.2, 0) is 11.2 Å². The number of aromatic amines is 1. The lowest BCUT2D eigenvalue weighted by Gasteiger charge is -2.36. The molecule has 0 unspecified atom stereocenters. The minimum Gasteiger partial charge on any atom is -0.394 e. The molecule has 0 spiro atoms. The number of H-pyrrole nitrogens is 1. The Hall–Kier alpha value is -1.40. The second kappa shape index (κ2) is 5.49. The first kappa shape index (κ1) is 13.0. The van der Waals surface area contributed by atoms with E-state index in [9.17, 15) is 9.90 Å².